The average Bonchev–Trinajstić information content (AvgIpc) is 2.77. The average molecular weight is 255 g/mol. The highest BCUT2D eigenvalue weighted by Gasteiger charge is 2.31. The highest BCUT2D eigenvalue weighted by molar-refractivity contribution is 7.10. The maximum Gasteiger partial charge on any atom is 0.312 e. The monoisotopic (exact) mass is 255 g/mol. The van der Waals surface area contributed by atoms with Gasteiger partial charge in [-0.15, -0.1) is 5.10 Å². The largest absolute Gasteiger partial charge is 0.377 e. The van der Waals surface area contributed by atoms with Crippen molar-refractivity contribution in [1.82, 2.24) is 19.4 Å². The summed E-state index contributed by atoms with van der Waals surface area (Å²) in [5.74, 6) is -0.945. The summed E-state index contributed by atoms with van der Waals surface area (Å²) in [5, 5.41) is 7.73. The van der Waals surface area contributed by atoms with Crippen LogP contribution in [0.3, 0.4) is 0 Å². The third-order valence-electron chi connectivity index (χ3n) is 2.65. The SMILES string of the molecule is CNc1snnc1CN1CCN(C)C(=O)C1=O. The zero-order valence-electron chi connectivity index (χ0n) is 9.63. The lowest BCUT2D eigenvalue weighted by Crippen LogP contribution is -2.52. The fourth-order valence-electron chi connectivity index (χ4n) is 1.61. The highest BCUT2D eigenvalue weighted by atomic mass is 32.1. The van der Waals surface area contributed by atoms with Crippen molar-refractivity contribution in [2.75, 3.05) is 32.5 Å². The van der Waals surface area contributed by atoms with Gasteiger partial charge in [-0.05, 0) is 0 Å². The first-order valence-electron chi connectivity index (χ1n) is 5.17. The molecule has 1 N–H and O–H groups in total. The van der Waals surface area contributed by atoms with E-state index in [0.29, 0.717) is 25.3 Å². The van der Waals surface area contributed by atoms with Gasteiger partial charge in [0, 0.05) is 38.7 Å². The minimum Gasteiger partial charge on any atom is -0.377 e. The molecule has 0 atom stereocenters. The van der Waals surface area contributed by atoms with E-state index < -0.39 is 11.8 Å². The number of rotatable bonds is 3. The van der Waals surface area contributed by atoms with Crippen LogP contribution in [-0.2, 0) is 16.1 Å². The van der Waals surface area contributed by atoms with Gasteiger partial charge in [-0.25, -0.2) is 0 Å². The predicted molar refractivity (Wildman–Crippen MR) is 62.5 cm³/mol. The Morgan fingerprint density at radius 2 is 2.12 bits per heavy atom. The van der Waals surface area contributed by atoms with Crippen LogP contribution in [-0.4, -0.2) is 58.4 Å². The summed E-state index contributed by atoms with van der Waals surface area (Å²) in [6.45, 7) is 1.41. The van der Waals surface area contributed by atoms with Crippen molar-refractivity contribution in [2.45, 2.75) is 6.54 Å². The first-order chi connectivity index (χ1) is 8.13. The van der Waals surface area contributed by atoms with Crippen LogP contribution in [0.1, 0.15) is 5.69 Å². The number of carbonyl (C=O) groups is 2. The van der Waals surface area contributed by atoms with E-state index >= 15 is 0 Å². The van der Waals surface area contributed by atoms with E-state index in [-0.39, 0.29) is 0 Å². The molecule has 0 bridgehead atoms. The molecule has 2 heterocycles. The molecule has 92 valence electrons. The molecule has 2 rings (SSSR count). The van der Waals surface area contributed by atoms with Crippen LogP contribution in [0.5, 0.6) is 0 Å². The highest BCUT2D eigenvalue weighted by Crippen LogP contribution is 2.19. The molecule has 0 spiro atoms. The van der Waals surface area contributed by atoms with Crippen LogP contribution in [0.15, 0.2) is 0 Å². The van der Waals surface area contributed by atoms with Gasteiger partial charge in [0.1, 0.15) is 10.7 Å². The molecule has 1 aromatic rings. The lowest BCUT2D eigenvalue weighted by atomic mass is 10.3. The summed E-state index contributed by atoms with van der Waals surface area (Å²) in [4.78, 5) is 26.2. The Hall–Kier alpha value is -1.70. The second-order valence-corrected chi connectivity index (χ2v) is 4.51. The summed E-state index contributed by atoms with van der Waals surface area (Å²) >= 11 is 1.24. The van der Waals surface area contributed by atoms with Crippen LogP contribution >= 0.6 is 11.5 Å². The van der Waals surface area contributed by atoms with Crippen molar-refractivity contribution in [1.29, 1.82) is 0 Å². The molecule has 0 radical (unpaired) electrons. The minimum absolute atomic E-state index is 0.324. The van der Waals surface area contributed by atoms with Gasteiger partial charge in [0.05, 0.1) is 6.54 Å². The van der Waals surface area contributed by atoms with Crippen LogP contribution in [0.2, 0.25) is 0 Å². The number of amides is 2. The normalized spacial score (nSPS) is 16.6. The van der Waals surface area contributed by atoms with E-state index in [0.717, 1.165) is 5.00 Å². The molecule has 0 unspecified atom stereocenters. The quantitative estimate of drug-likeness (QED) is 0.728. The first-order valence-corrected chi connectivity index (χ1v) is 5.94. The standard InChI is InChI=1S/C9H13N5O2S/c1-10-7-6(11-12-17-7)5-14-4-3-13(2)8(15)9(14)16/h10H,3-5H2,1-2H3. The Labute approximate surface area is 103 Å². The van der Waals surface area contributed by atoms with E-state index in [1.807, 2.05) is 0 Å². The third-order valence-corrected chi connectivity index (χ3v) is 3.43. The molecular formula is C9H13N5O2S. The summed E-state index contributed by atoms with van der Waals surface area (Å²) in [5.41, 5.74) is 0.697. The van der Waals surface area contributed by atoms with E-state index in [9.17, 15) is 9.59 Å². The van der Waals surface area contributed by atoms with Crippen LogP contribution in [0.4, 0.5) is 5.00 Å². The first kappa shape index (κ1) is 11.8. The molecule has 1 saturated heterocycles. The Balaban J connectivity index is 2.09. The maximum atomic E-state index is 11.7. The Kier molecular flexibility index (Phi) is 3.23. The van der Waals surface area contributed by atoms with Gasteiger partial charge >= 0.3 is 11.8 Å². The molecular weight excluding hydrogens is 242 g/mol. The fraction of sp³-hybridized carbons (Fsp3) is 0.556. The van der Waals surface area contributed by atoms with E-state index in [4.69, 9.17) is 0 Å². The molecule has 0 aliphatic carbocycles. The molecule has 0 aromatic carbocycles. The van der Waals surface area contributed by atoms with Crippen LogP contribution in [0, 0.1) is 0 Å². The number of likely N-dealkylation sites (N-methyl/N-ethyl adjacent to an activating group) is 1. The summed E-state index contributed by atoms with van der Waals surface area (Å²) in [6.07, 6.45) is 0. The number of hydrogen-bond donors (Lipinski definition) is 1. The van der Waals surface area contributed by atoms with Gasteiger partial charge in [-0.1, -0.05) is 4.49 Å². The Morgan fingerprint density at radius 3 is 2.82 bits per heavy atom. The Bertz CT molecular complexity index is 446. The smallest absolute Gasteiger partial charge is 0.312 e. The number of piperazine rings is 1. The topological polar surface area (TPSA) is 78.4 Å². The molecule has 0 saturated carbocycles. The number of anilines is 1. The molecule has 2 amide bonds. The molecule has 17 heavy (non-hydrogen) atoms. The number of nitrogens with one attached hydrogen (secondary N) is 1. The molecule has 1 aliphatic rings. The van der Waals surface area contributed by atoms with Gasteiger partial charge in [-0.3, -0.25) is 9.59 Å². The predicted octanol–water partition coefficient (Wildman–Crippen LogP) is -0.620. The van der Waals surface area contributed by atoms with Crippen molar-refractivity contribution < 1.29 is 9.59 Å². The molecule has 1 aromatic heterocycles. The second-order valence-electron chi connectivity index (χ2n) is 3.75. The number of hydrogen-bond acceptors (Lipinski definition) is 6. The van der Waals surface area contributed by atoms with E-state index in [1.165, 1.54) is 21.3 Å². The molecule has 7 nitrogen and oxygen atoms in total. The summed E-state index contributed by atoms with van der Waals surface area (Å²) in [7, 11) is 3.40. The van der Waals surface area contributed by atoms with Gasteiger partial charge < -0.3 is 15.1 Å². The van der Waals surface area contributed by atoms with E-state index in [2.05, 4.69) is 14.9 Å². The maximum absolute atomic E-state index is 11.7. The number of nitrogens with zero attached hydrogens (tertiary/aromatic N) is 4. The fourth-order valence-corrected chi connectivity index (χ4v) is 2.13. The van der Waals surface area contributed by atoms with Crippen molar-refractivity contribution in [3.05, 3.63) is 5.69 Å². The summed E-state index contributed by atoms with van der Waals surface area (Å²) in [6, 6.07) is 0. The van der Waals surface area contributed by atoms with Crippen LogP contribution < -0.4 is 5.32 Å². The Morgan fingerprint density at radius 1 is 1.35 bits per heavy atom. The zero-order valence-corrected chi connectivity index (χ0v) is 10.5. The number of carbonyl (C=O) groups excluding carboxylic acids is 2. The molecule has 1 aliphatic heterocycles. The van der Waals surface area contributed by atoms with Gasteiger partial charge in [0.2, 0.25) is 0 Å². The van der Waals surface area contributed by atoms with Crippen LogP contribution in [0.25, 0.3) is 0 Å². The van der Waals surface area contributed by atoms with E-state index in [1.54, 1.807) is 14.1 Å². The summed E-state index contributed by atoms with van der Waals surface area (Å²) < 4.78 is 3.81. The lowest BCUT2D eigenvalue weighted by molar-refractivity contribution is -0.155. The second kappa shape index (κ2) is 4.66. The molecule has 8 heteroatoms. The van der Waals surface area contributed by atoms with Gasteiger partial charge in [-0.2, -0.15) is 0 Å². The van der Waals surface area contributed by atoms with Crippen molar-refractivity contribution in [3.8, 4) is 0 Å². The zero-order chi connectivity index (χ0) is 12.4. The van der Waals surface area contributed by atoms with Crippen molar-refractivity contribution >= 4 is 28.3 Å². The van der Waals surface area contributed by atoms with Gasteiger partial charge in [0.15, 0.2) is 0 Å². The number of aromatic nitrogens is 2. The van der Waals surface area contributed by atoms with Crippen molar-refractivity contribution in [2.24, 2.45) is 0 Å². The van der Waals surface area contributed by atoms with Crippen molar-refractivity contribution in [3.63, 3.8) is 0 Å². The minimum atomic E-state index is -0.478. The van der Waals surface area contributed by atoms with Gasteiger partial charge in [0.25, 0.3) is 0 Å². The lowest BCUT2D eigenvalue weighted by Gasteiger charge is -2.30. The third kappa shape index (κ3) is 2.21. The molecule has 1 fully saturated rings.